The minimum Gasteiger partial charge on any atom is -0.481 e. The van der Waals surface area contributed by atoms with Crippen LogP contribution in [0.5, 0.6) is 0 Å². The van der Waals surface area contributed by atoms with E-state index in [9.17, 15) is 51.4 Å². The van der Waals surface area contributed by atoms with Gasteiger partial charge < -0.3 is 20.8 Å². The summed E-state index contributed by atoms with van der Waals surface area (Å²) in [6.07, 6.45) is -4.51. The molecule has 0 radical (unpaired) electrons. The lowest BCUT2D eigenvalue weighted by molar-refractivity contribution is -0.388. The number of hydrogen-bond donors (Lipinski definition) is 4. The first-order valence-corrected chi connectivity index (χ1v) is 14.1. The molecule has 0 bridgehead atoms. The Morgan fingerprint density at radius 1 is 0.733 bits per heavy atom. The fourth-order valence-electron chi connectivity index (χ4n) is 5.47. The largest absolute Gasteiger partial charge is 0.481 e. The second-order valence-corrected chi connectivity index (χ2v) is 11.0. The van der Waals surface area contributed by atoms with E-state index in [1.807, 2.05) is 0 Å². The Hall–Kier alpha value is -4.15. The molecule has 2 aromatic carbocycles. The van der Waals surface area contributed by atoms with E-state index in [2.05, 4.69) is 10.6 Å². The molecule has 17 heteroatoms. The monoisotopic (exact) mass is 650 g/mol. The number of nitrogens with zero attached hydrogens (tertiary/aromatic N) is 2. The molecule has 0 unspecified atom stereocenters. The second kappa shape index (κ2) is 14.8. The maximum atomic E-state index is 12.9. The first-order valence-electron chi connectivity index (χ1n) is 14.1. The molecular formula is C28H32F6N4O7. The van der Waals surface area contributed by atoms with Crippen LogP contribution >= 0.6 is 0 Å². The van der Waals surface area contributed by atoms with Gasteiger partial charge in [-0.15, -0.1) is 0 Å². The zero-order valence-corrected chi connectivity index (χ0v) is 23.7. The third-order valence-corrected chi connectivity index (χ3v) is 7.92. The fourth-order valence-corrected chi connectivity index (χ4v) is 5.47. The maximum Gasteiger partial charge on any atom is 0.423 e. The number of nitrogens with one attached hydrogen (secondary N) is 2. The van der Waals surface area contributed by atoms with E-state index in [4.69, 9.17) is 10.2 Å². The predicted molar refractivity (Wildman–Crippen MR) is 150 cm³/mol. The van der Waals surface area contributed by atoms with E-state index >= 15 is 0 Å². The highest BCUT2D eigenvalue weighted by Gasteiger charge is 2.39. The van der Waals surface area contributed by atoms with E-state index in [0.717, 1.165) is 49.9 Å². The Kier molecular flexibility index (Phi) is 11.6. The molecule has 0 heterocycles. The van der Waals surface area contributed by atoms with Crippen LogP contribution in [0, 0.1) is 32.1 Å². The van der Waals surface area contributed by atoms with Crippen LogP contribution in [0.1, 0.15) is 62.5 Å². The fraction of sp³-hybridized carbons (Fsp3) is 0.536. The van der Waals surface area contributed by atoms with E-state index in [-0.39, 0.29) is 36.0 Å². The lowest BCUT2D eigenvalue weighted by atomic mass is 9.86. The molecule has 45 heavy (non-hydrogen) atoms. The summed E-state index contributed by atoms with van der Waals surface area (Å²) in [5.41, 5.74) is -4.11. The normalized spacial score (nSPS) is 22.0. The molecular weight excluding hydrogens is 618 g/mol. The highest BCUT2D eigenvalue weighted by Crippen LogP contribution is 2.39. The number of aliphatic hydroxyl groups excluding tert-OH is 1. The Morgan fingerprint density at radius 2 is 1.11 bits per heavy atom. The van der Waals surface area contributed by atoms with Crippen molar-refractivity contribution in [3.05, 3.63) is 67.8 Å². The summed E-state index contributed by atoms with van der Waals surface area (Å²) < 4.78 is 77.4. The molecule has 0 spiro atoms. The molecule has 4 rings (SSSR count). The number of carbonyl (C=O) groups is 1. The zero-order chi connectivity index (χ0) is 33.5. The molecule has 2 aliphatic carbocycles. The third-order valence-electron chi connectivity index (χ3n) is 7.92. The van der Waals surface area contributed by atoms with Crippen molar-refractivity contribution >= 4 is 28.7 Å². The average Bonchev–Trinajstić information content (AvgIpc) is 2.97. The van der Waals surface area contributed by atoms with Gasteiger partial charge in [-0.1, -0.05) is 0 Å². The van der Waals surface area contributed by atoms with Crippen LogP contribution in [0.2, 0.25) is 0 Å². The van der Waals surface area contributed by atoms with Gasteiger partial charge in [-0.2, -0.15) is 26.3 Å². The molecule has 11 nitrogen and oxygen atoms in total. The van der Waals surface area contributed by atoms with E-state index < -0.39 is 56.6 Å². The minimum atomic E-state index is -4.82. The molecule has 0 aromatic heterocycles. The van der Waals surface area contributed by atoms with Crippen LogP contribution < -0.4 is 10.6 Å². The summed E-state index contributed by atoms with van der Waals surface area (Å²) in [6, 6.07) is 5.62. The molecule has 0 saturated heterocycles. The average molecular weight is 651 g/mol. The van der Waals surface area contributed by atoms with Crippen molar-refractivity contribution in [2.24, 2.45) is 11.8 Å². The minimum absolute atomic E-state index is 0.0188. The molecule has 2 aliphatic rings. The van der Waals surface area contributed by atoms with Gasteiger partial charge in [-0.25, -0.2) is 0 Å². The lowest BCUT2D eigenvalue weighted by Gasteiger charge is -2.28. The molecule has 0 aliphatic heterocycles. The standard InChI is InChI=1S/C14H15F3N2O4.C14H17F3N2O3/c15-14(16,17)11-7-10(5-6-12(11)19(22)23)18-9-3-1-8(2-4-9)13(20)21;15-14(16,17)12-7-11(5-6-13(12)19(21)22)18-10-3-1-9(8-20)2-4-10/h5-9,18H,1-4H2,(H,20,21);5-7,9-10,18,20H,1-4,8H2. The number of hydrogen-bond acceptors (Lipinski definition) is 8. The number of carboxylic acids is 1. The van der Waals surface area contributed by atoms with Gasteiger partial charge in [-0.05, 0) is 81.5 Å². The van der Waals surface area contributed by atoms with Crippen LogP contribution in [0.15, 0.2) is 36.4 Å². The summed E-state index contributed by atoms with van der Waals surface area (Å²) in [5, 5.41) is 45.3. The first kappa shape index (κ1) is 35.3. The van der Waals surface area contributed by atoms with Crippen LogP contribution in [0.3, 0.4) is 0 Å². The predicted octanol–water partition coefficient (Wildman–Crippen LogP) is 7.25. The molecule has 2 aromatic rings. The van der Waals surface area contributed by atoms with Crippen molar-refractivity contribution in [1.29, 1.82) is 0 Å². The number of nitro benzene ring substituents is 2. The number of alkyl halides is 6. The highest BCUT2D eigenvalue weighted by atomic mass is 19.4. The van der Waals surface area contributed by atoms with E-state index in [0.29, 0.717) is 25.7 Å². The van der Waals surface area contributed by atoms with Crippen molar-refractivity contribution in [3.63, 3.8) is 0 Å². The van der Waals surface area contributed by atoms with Gasteiger partial charge >= 0.3 is 18.3 Å². The number of carboxylic acid groups (broad SMARTS) is 1. The number of halogens is 6. The molecule has 0 atom stereocenters. The Labute approximate surface area is 252 Å². The van der Waals surface area contributed by atoms with Crippen LogP contribution in [-0.2, 0) is 17.1 Å². The van der Waals surface area contributed by atoms with Crippen molar-refractivity contribution in [2.75, 3.05) is 17.2 Å². The van der Waals surface area contributed by atoms with Crippen LogP contribution in [0.4, 0.5) is 49.1 Å². The Bertz CT molecular complexity index is 1360. The Balaban J connectivity index is 0.000000246. The van der Waals surface area contributed by atoms with Gasteiger partial charge in [0.2, 0.25) is 0 Å². The number of aliphatic hydroxyl groups is 1. The summed E-state index contributed by atoms with van der Waals surface area (Å²) in [7, 11) is 0. The van der Waals surface area contributed by atoms with Crippen molar-refractivity contribution in [1.82, 2.24) is 0 Å². The maximum absolute atomic E-state index is 12.9. The van der Waals surface area contributed by atoms with Crippen LogP contribution in [0.25, 0.3) is 0 Å². The van der Waals surface area contributed by atoms with Gasteiger partial charge in [0.1, 0.15) is 11.1 Å². The van der Waals surface area contributed by atoms with Crippen LogP contribution in [-0.4, -0.2) is 44.7 Å². The third kappa shape index (κ3) is 9.92. The van der Waals surface area contributed by atoms with Crippen molar-refractivity contribution in [3.8, 4) is 0 Å². The van der Waals surface area contributed by atoms with Gasteiger partial charge in [0, 0.05) is 42.2 Å². The summed E-state index contributed by atoms with van der Waals surface area (Å²) in [6.45, 7) is 0.127. The highest BCUT2D eigenvalue weighted by molar-refractivity contribution is 5.70. The number of nitro groups is 2. The Morgan fingerprint density at radius 3 is 1.42 bits per heavy atom. The van der Waals surface area contributed by atoms with Crippen molar-refractivity contribution in [2.45, 2.75) is 75.8 Å². The van der Waals surface area contributed by atoms with Crippen molar-refractivity contribution < 1.29 is 51.2 Å². The topological polar surface area (TPSA) is 168 Å². The number of benzene rings is 2. The summed E-state index contributed by atoms with van der Waals surface area (Å²) >= 11 is 0. The number of rotatable bonds is 8. The number of anilines is 2. The first-order chi connectivity index (χ1) is 21.0. The molecule has 2 fully saturated rings. The van der Waals surface area contributed by atoms with Gasteiger partial charge in [0.15, 0.2) is 0 Å². The SMILES string of the molecule is O=C(O)C1CCC(Nc2ccc([N+](=O)[O-])c(C(F)(F)F)c2)CC1.O=[N+]([O-])c1ccc(NC2CCC(CO)CC2)cc1C(F)(F)F. The summed E-state index contributed by atoms with van der Waals surface area (Å²) in [5.74, 6) is -1.03. The molecule has 4 N–H and O–H groups in total. The van der Waals surface area contributed by atoms with E-state index in [1.165, 1.54) is 12.1 Å². The zero-order valence-electron chi connectivity index (χ0n) is 23.7. The van der Waals surface area contributed by atoms with E-state index in [1.54, 1.807) is 0 Å². The quantitative estimate of drug-likeness (QED) is 0.131. The van der Waals surface area contributed by atoms with Gasteiger partial charge in [0.05, 0.1) is 15.8 Å². The lowest BCUT2D eigenvalue weighted by Crippen LogP contribution is -2.29. The molecule has 2 saturated carbocycles. The summed E-state index contributed by atoms with van der Waals surface area (Å²) in [4.78, 5) is 30.2. The molecule has 0 amide bonds. The van der Waals surface area contributed by atoms with Gasteiger partial charge in [0.25, 0.3) is 11.4 Å². The van der Waals surface area contributed by atoms with Gasteiger partial charge in [-0.3, -0.25) is 25.0 Å². The second-order valence-electron chi connectivity index (χ2n) is 11.0. The smallest absolute Gasteiger partial charge is 0.423 e. The molecule has 248 valence electrons. The number of aliphatic carboxylic acids is 1.